The fourth-order valence-corrected chi connectivity index (χ4v) is 3.37. The molecule has 4 N–H and O–H groups in total. The molecule has 26 heavy (non-hydrogen) atoms. The Morgan fingerprint density at radius 3 is 2.42 bits per heavy atom. The zero-order valence-electron chi connectivity index (χ0n) is 15.1. The predicted molar refractivity (Wildman–Crippen MR) is 105 cm³/mol. The van der Waals surface area contributed by atoms with Crippen LogP contribution in [0.25, 0.3) is 0 Å². The molecular weight excluding hydrogens is 328 g/mol. The molecule has 0 amide bonds. The van der Waals surface area contributed by atoms with Crippen LogP contribution in [0.1, 0.15) is 16.8 Å². The van der Waals surface area contributed by atoms with Crippen LogP contribution in [0.15, 0.2) is 48.5 Å². The monoisotopic (exact) mass is 354 g/mol. The standard InChI is InChI=1S/C20H26N4O2/c1-26-19-9-5-4-8-17(19)23-10-12-24(13-11-23)20(22)14-18(25)15-6-2-3-7-16(15)21/h2-9,20H,10-14,21-22H2,1H3. The molecule has 2 aromatic rings. The molecule has 1 saturated heterocycles. The van der Waals surface area contributed by atoms with Crippen LogP contribution in [0, 0.1) is 0 Å². The lowest BCUT2D eigenvalue weighted by Crippen LogP contribution is -2.54. The maximum atomic E-state index is 12.5. The summed E-state index contributed by atoms with van der Waals surface area (Å²) in [6.07, 6.45) is -0.0370. The molecule has 0 radical (unpaired) electrons. The van der Waals surface area contributed by atoms with Crippen molar-refractivity contribution in [3.63, 3.8) is 0 Å². The number of carbonyl (C=O) groups is 1. The predicted octanol–water partition coefficient (Wildman–Crippen LogP) is 1.96. The number of rotatable bonds is 6. The van der Waals surface area contributed by atoms with Crippen molar-refractivity contribution in [1.29, 1.82) is 0 Å². The highest BCUT2D eigenvalue weighted by Gasteiger charge is 2.25. The first kappa shape index (κ1) is 18.2. The maximum absolute atomic E-state index is 12.5. The van der Waals surface area contributed by atoms with Gasteiger partial charge in [0.1, 0.15) is 5.75 Å². The van der Waals surface area contributed by atoms with Gasteiger partial charge in [0, 0.05) is 43.9 Å². The van der Waals surface area contributed by atoms with Crippen LogP contribution in [0.4, 0.5) is 11.4 Å². The lowest BCUT2D eigenvalue weighted by molar-refractivity contribution is 0.0916. The van der Waals surface area contributed by atoms with Gasteiger partial charge in [-0.05, 0) is 24.3 Å². The Morgan fingerprint density at radius 2 is 1.73 bits per heavy atom. The normalized spacial score (nSPS) is 16.3. The summed E-state index contributed by atoms with van der Waals surface area (Å²) in [6.45, 7) is 3.29. The Morgan fingerprint density at radius 1 is 1.08 bits per heavy atom. The van der Waals surface area contributed by atoms with Crippen LogP contribution >= 0.6 is 0 Å². The number of piperazine rings is 1. The molecule has 1 heterocycles. The van der Waals surface area contributed by atoms with E-state index >= 15 is 0 Å². The Labute approximate surface area is 154 Å². The molecule has 2 aromatic carbocycles. The molecule has 1 atom stereocenters. The summed E-state index contributed by atoms with van der Waals surface area (Å²) in [7, 11) is 1.69. The van der Waals surface area contributed by atoms with Crippen molar-refractivity contribution < 1.29 is 9.53 Å². The first-order chi connectivity index (χ1) is 12.6. The van der Waals surface area contributed by atoms with Crippen molar-refractivity contribution in [2.75, 3.05) is 43.9 Å². The van der Waals surface area contributed by atoms with Gasteiger partial charge in [-0.3, -0.25) is 9.69 Å². The van der Waals surface area contributed by atoms with Gasteiger partial charge >= 0.3 is 0 Å². The average Bonchev–Trinajstić information content (AvgIpc) is 2.68. The number of hydrogen-bond donors (Lipinski definition) is 2. The van der Waals surface area contributed by atoms with Crippen LogP contribution in [0.5, 0.6) is 5.75 Å². The van der Waals surface area contributed by atoms with Crippen LogP contribution in [-0.4, -0.2) is 50.1 Å². The molecule has 1 aliphatic heterocycles. The summed E-state index contributed by atoms with van der Waals surface area (Å²) in [5.41, 5.74) is 14.3. The third kappa shape index (κ3) is 3.98. The largest absolute Gasteiger partial charge is 0.495 e. The average molecular weight is 354 g/mol. The van der Waals surface area contributed by atoms with Gasteiger partial charge in [-0.25, -0.2) is 0 Å². The van der Waals surface area contributed by atoms with Crippen molar-refractivity contribution in [1.82, 2.24) is 4.90 Å². The summed E-state index contributed by atoms with van der Waals surface area (Å²) in [6, 6.07) is 15.2. The van der Waals surface area contributed by atoms with Crippen LogP contribution in [0.3, 0.4) is 0 Å². The topological polar surface area (TPSA) is 84.8 Å². The molecule has 0 aromatic heterocycles. The number of Topliss-reactive ketones (excluding diaryl/α,β-unsaturated/α-hetero) is 1. The molecule has 1 aliphatic rings. The van der Waals surface area contributed by atoms with E-state index in [9.17, 15) is 4.79 Å². The van der Waals surface area contributed by atoms with Crippen LogP contribution in [0.2, 0.25) is 0 Å². The highest BCUT2D eigenvalue weighted by molar-refractivity contribution is 6.00. The Hall–Kier alpha value is -2.57. The van der Waals surface area contributed by atoms with Gasteiger partial charge in [0.25, 0.3) is 0 Å². The highest BCUT2D eigenvalue weighted by Crippen LogP contribution is 2.28. The summed E-state index contributed by atoms with van der Waals surface area (Å²) in [5, 5.41) is 0. The maximum Gasteiger partial charge on any atom is 0.167 e. The summed E-state index contributed by atoms with van der Waals surface area (Å²) < 4.78 is 5.45. The molecule has 1 fully saturated rings. The summed E-state index contributed by atoms with van der Waals surface area (Å²) in [4.78, 5) is 16.9. The smallest absolute Gasteiger partial charge is 0.167 e. The third-order valence-corrected chi connectivity index (χ3v) is 4.86. The number of hydrogen-bond acceptors (Lipinski definition) is 6. The van der Waals surface area contributed by atoms with E-state index in [0.717, 1.165) is 37.6 Å². The SMILES string of the molecule is COc1ccccc1N1CCN(C(N)CC(=O)c2ccccc2N)CC1. The van der Waals surface area contributed by atoms with Gasteiger partial charge in [-0.2, -0.15) is 0 Å². The van der Waals surface area contributed by atoms with Crippen molar-refractivity contribution in [2.45, 2.75) is 12.6 Å². The number of benzene rings is 2. The zero-order chi connectivity index (χ0) is 18.5. The Balaban J connectivity index is 1.58. The van der Waals surface area contributed by atoms with Gasteiger partial charge in [0.05, 0.1) is 19.0 Å². The van der Waals surface area contributed by atoms with E-state index in [1.165, 1.54) is 0 Å². The van der Waals surface area contributed by atoms with Gasteiger partial charge in [0.15, 0.2) is 5.78 Å². The van der Waals surface area contributed by atoms with Crippen molar-refractivity contribution in [3.05, 3.63) is 54.1 Å². The van der Waals surface area contributed by atoms with Gasteiger partial charge < -0.3 is 21.1 Å². The first-order valence-corrected chi connectivity index (χ1v) is 8.85. The van der Waals surface area contributed by atoms with Gasteiger partial charge in [0.2, 0.25) is 0 Å². The number of carbonyl (C=O) groups excluding carboxylic acids is 1. The summed E-state index contributed by atoms with van der Waals surface area (Å²) >= 11 is 0. The fourth-order valence-electron chi connectivity index (χ4n) is 3.37. The van der Waals surface area contributed by atoms with E-state index in [1.54, 1.807) is 19.2 Å². The van der Waals surface area contributed by atoms with E-state index in [-0.39, 0.29) is 18.4 Å². The van der Waals surface area contributed by atoms with Crippen molar-refractivity contribution >= 4 is 17.2 Å². The molecule has 0 saturated carbocycles. The lowest BCUT2D eigenvalue weighted by atomic mass is 10.0. The second-order valence-corrected chi connectivity index (χ2v) is 6.48. The molecule has 0 bridgehead atoms. The molecule has 138 valence electrons. The minimum absolute atomic E-state index is 0.0113. The molecular formula is C20H26N4O2. The fraction of sp³-hybridized carbons (Fsp3) is 0.350. The quantitative estimate of drug-likeness (QED) is 0.609. The second kappa shape index (κ2) is 8.21. The number of anilines is 2. The number of ketones is 1. The van der Waals surface area contributed by atoms with E-state index < -0.39 is 0 Å². The van der Waals surface area contributed by atoms with Gasteiger partial charge in [-0.1, -0.05) is 24.3 Å². The lowest BCUT2D eigenvalue weighted by Gasteiger charge is -2.39. The van der Waals surface area contributed by atoms with Crippen molar-refractivity contribution in [2.24, 2.45) is 5.73 Å². The molecule has 6 nitrogen and oxygen atoms in total. The Bertz CT molecular complexity index is 757. The minimum Gasteiger partial charge on any atom is -0.495 e. The van der Waals surface area contributed by atoms with Crippen LogP contribution in [-0.2, 0) is 0 Å². The van der Waals surface area contributed by atoms with E-state index in [4.69, 9.17) is 16.2 Å². The van der Waals surface area contributed by atoms with Gasteiger partial charge in [-0.15, -0.1) is 0 Å². The molecule has 1 unspecified atom stereocenters. The number of ether oxygens (including phenoxy) is 1. The number of methoxy groups -OCH3 is 1. The molecule has 0 spiro atoms. The molecule has 6 heteroatoms. The van der Waals surface area contributed by atoms with E-state index in [0.29, 0.717) is 11.3 Å². The third-order valence-electron chi connectivity index (χ3n) is 4.86. The summed E-state index contributed by atoms with van der Waals surface area (Å²) in [5.74, 6) is 0.864. The molecule has 0 aliphatic carbocycles. The minimum atomic E-state index is -0.304. The van der Waals surface area contributed by atoms with E-state index in [1.807, 2.05) is 30.3 Å². The van der Waals surface area contributed by atoms with Crippen LogP contribution < -0.4 is 21.1 Å². The number of nitrogen functional groups attached to an aromatic ring is 1. The second-order valence-electron chi connectivity index (χ2n) is 6.48. The molecule has 3 rings (SSSR count). The highest BCUT2D eigenvalue weighted by atomic mass is 16.5. The zero-order valence-corrected chi connectivity index (χ0v) is 15.1. The first-order valence-electron chi connectivity index (χ1n) is 8.85. The Kier molecular flexibility index (Phi) is 5.75. The number of nitrogens with zero attached hydrogens (tertiary/aromatic N) is 2. The number of nitrogens with two attached hydrogens (primary N) is 2. The number of para-hydroxylation sites is 3. The van der Waals surface area contributed by atoms with E-state index in [2.05, 4.69) is 15.9 Å². The van der Waals surface area contributed by atoms with Crippen molar-refractivity contribution in [3.8, 4) is 5.75 Å².